The minimum absolute atomic E-state index is 0.0915. The summed E-state index contributed by atoms with van der Waals surface area (Å²) in [6.45, 7) is 7.14. The van der Waals surface area contributed by atoms with E-state index in [2.05, 4.69) is 0 Å². The van der Waals surface area contributed by atoms with Gasteiger partial charge in [-0.25, -0.2) is 4.79 Å². The molecule has 0 unspecified atom stereocenters. The Hall–Kier alpha value is -3.09. The van der Waals surface area contributed by atoms with E-state index in [0.717, 1.165) is 10.5 Å². The molecule has 0 fully saturated rings. The molecule has 0 atom stereocenters. The Bertz CT molecular complexity index is 810. The van der Waals surface area contributed by atoms with E-state index in [0.29, 0.717) is 11.5 Å². The predicted octanol–water partition coefficient (Wildman–Crippen LogP) is 5.07. The van der Waals surface area contributed by atoms with Crippen molar-refractivity contribution in [2.24, 2.45) is 0 Å². The van der Waals surface area contributed by atoms with Crippen LogP contribution < -0.4 is 9.64 Å². The second-order valence-electron chi connectivity index (χ2n) is 6.86. The van der Waals surface area contributed by atoms with E-state index in [1.165, 1.54) is 25.2 Å². The number of hydrogen-bond acceptors (Lipinski definition) is 5. The fourth-order valence-corrected chi connectivity index (χ4v) is 2.16. The molecule has 1 amide bonds. The van der Waals surface area contributed by atoms with Crippen LogP contribution in [0.5, 0.6) is 11.5 Å². The van der Waals surface area contributed by atoms with Gasteiger partial charge in [0.2, 0.25) is 0 Å². The first-order valence-electron chi connectivity index (χ1n) is 8.06. The monoisotopic (exact) mass is 358 g/mol. The Labute approximate surface area is 152 Å². The molecular weight excluding hydrogens is 336 g/mol. The van der Waals surface area contributed by atoms with Gasteiger partial charge in [-0.3, -0.25) is 15.0 Å². The average Bonchev–Trinajstić information content (AvgIpc) is 2.54. The lowest BCUT2D eigenvalue weighted by Crippen LogP contribution is -2.34. The van der Waals surface area contributed by atoms with Crippen molar-refractivity contribution in [2.75, 3.05) is 11.9 Å². The number of aryl methyl sites for hydroxylation is 1. The Morgan fingerprint density at radius 2 is 1.65 bits per heavy atom. The number of carbonyl (C=O) groups excluding carboxylic acids is 1. The molecule has 0 aliphatic carbocycles. The SMILES string of the molecule is Cc1ccc(Oc2ccc([N+](=O)[O-])c(N(C)C(=O)OC(C)(C)C)c2)cc1. The number of hydrogen-bond donors (Lipinski definition) is 0. The second kappa shape index (κ2) is 7.43. The molecule has 0 saturated carbocycles. The summed E-state index contributed by atoms with van der Waals surface area (Å²) in [7, 11) is 1.42. The first-order chi connectivity index (χ1) is 12.1. The lowest BCUT2D eigenvalue weighted by molar-refractivity contribution is -0.384. The van der Waals surface area contributed by atoms with E-state index < -0.39 is 16.6 Å². The van der Waals surface area contributed by atoms with Gasteiger partial charge in [0.1, 0.15) is 22.8 Å². The molecule has 0 saturated heterocycles. The van der Waals surface area contributed by atoms with E-state index in [-0.39, 0.29) is 11.4 Å². The zero-order chi connectivity index (χ0) is 19.5. The third kappa shape index (κ3) is 4.95. The van der Waals surface area contributed by atoms with Crippen molar-refractivity contribution in [2.45, 2.75) is 33.3 Å². The van der Waals surface area contributed by atoms with Gasteiger partial charge in [-0.15, -0.1) is 0 Å². The number of amides is 1. The van der Waals surface area contributed by atoms with Gasteiger partial charge in [0.15, 0.2) is 0 Å². The minimum Gasteiger partial charge on any atom is -0.457 e. The van der Waals surface area contributed by atoms with Crippen LogP contribution in [-0.4, -0.2) is 23.7 Å². The van der Waals surface area contributed by atoms with Crippen LogP contribution in [0.1, 0.15) is 26.3 Å². The summed E-state index contributed by atoms with van der Waals surface area (Å²) >= 11 is 0. The molecular formula is C19H22N2O5. The third-order valence-electron chi connectivity index (χ3n) is 3.43. The van der Waals surface area contributed by atoms with Crippen molar-refractivity contribution in [3.63, 3.8) is 0 Å². The molecule has 7 heteroatoms. The van der Waals surface area contributed by atoms with Gasteiger partial charge < -0.3 is 9.47 Å². The van der Waals surface area contributed by atoms with E-state index in [4.69, 9.17) is 9.47 Å². The predicted molar refractivity (Wildman–Crippen MR) is 99.0 cm³/mol. The highest BCUT2D eigenvalue weighted by atomic mass is 16.6. The largest absolute Gasteiger partial charge is 0.457 e. The number of nitro groups is 1. The van der Waals surface area contributed by atoms with Crippen LogP contribution in [0.3, 0.4) is 0 Å². The van der Waals surface area contributed by atoms with Crippen LogP contribution >= 0.6 is 0 Å². The van der Waals surface area contributed by atoms with E-state index in [1.54, 1.807) is 32.9 Å². The first-order valence-corrected chi connectivity index (χ1v) is 8.06. The topological polar surface area (TPSA) is 81.9 Å². The smallest absolute Gasteiger partial charge is 0.414 e. The van der Waals surface area contributed by atoms with Crippen LogP contribution in [0.25, 0.3) is 0 Å². The molecule has 0 aliphatic rings. The minimum atomic E-state index is -0.712. The summed E-state index contributed by atoms with van der Waals surface area (Å²) in [5.41, 5.74) is 0.255. The third-order valence-corrected chi connectivity index (χ3v) is 3.43. The normalized spacial score (nSPS) is 11.0. The van der Waals surface area contributed by atoms with Gasteiger partial charge in [0, 0.05) is 19.2 Å². The molecule has 26 heavy (non-hydrogen) atoms. The second-order valence-corrected chi connectivity index (χ2v) is 6.86. The molecule has 0 N–H and O–H groups in total. The maximum Gasteiger partial charge on any atom is 0.414 e. The van der Waals surface area contributed by atoms with Crippen LogP contribution in [0.15, 0.2) is 42.5 Å². The van der Waals surface area contributed by atoms with Crippen molar-refractivity contribution in [3.05, 3.63) is 58.1 Å². The van der Waals surface area contributed by atoms with E-state index in [1.807, 2.05) is 19.1 Å². The van der Waals surface area contributed by atoms with Gasteiger partial charge in [0.25, 0.3) is 5.69 Å². The Balaban J connectivity index is 2.34. The molecule has 0 heterocycles. The lowest BCUT2D eigenvalue weighted by atomic mass is 10.2. The van der Waals surface area contributed by atoms with E-state index in [9.17, 15) is 14.9 Å². The average molecular weight is 358 g/mol. The number of nitrogens with zero attached hydrogens (tertiary/aromatic N) is 2. The summed E-state index contributed by atoms with van der Waals surface area (Å²) in [6.07, 6.45) is -0.687. The summed E-state index contributed by atoms with van der Waals surface area (Å²) in [6, 6.07) is 11.6. The van der Waals surface area contributed by atoms with Crippen molar-refractivity contribution in [3.8, 4) is 11.5 Å². The molecule has 0 bridgehead atoms. The lowest BCUT2D eigenvalue weighted by Gasteiger charge is -2.24. The Morgan fingerprint density at radius 3 is 2.19 bits per heavy atom. The highest BCUT2D eigenvalue weighted by Gasteiger charge is 2.26. The van der Waals surface area contributed by atoms with Gasteiger partial charge in [-0.05, 0) is 45.9 Å². The van der Waals surface area contributed by atoms with Gasteiger partial charge in [-0.2, -0.15) is 0 Å². The van der Waals surface area contributed by atoms with Crippen molar-refractivity contribution < 1.29 is 19.2 Å². The quantitative estimate of drug-likeness (QED) is 0.563. The Morgan fingerprint density at radius 1 is 1.08 bits per heavy atom. The fourth-order valence-electron chi connectivity index (χ4n) is 2.16. The van der Waals surface area contributed by atoms with E-state index >= 15 is 0 Å². The van der Waals surface area contributed by atoms with Gasteiger partial charge in [0.05, 0.1) is 4.92 Å². The van der Waals surface area contributed by atoms with Crippen molar-refractivity contribution in [1.29, 1.82) is 0 Å². The summed E-state index contributed by atoms with van der Waals surface area (Å²) in [4.78, 5) is 24.2. The van der Waals surface area contributed by atoms with Crippen LogP contribution in [0, 0.1) is 17.0 Å². The maximum absolute atomic E-state index is 12.3. The molecule has 2 rings (SSSR count). The maximum atomic E-state index is 12.3. The molecule has 0 aromatic heterocycles. The standard InChI is InChI=1S/C19H22N2O5/c1-13-6-8-14(9-7-13)25-15-10-11-16(21(23)24)17(12-15)20(5)18(22)26-19(2,3)4/h6-12H,1-5H3. The fraction of sp³-hybridized carbons (Fsp3) is 0.316. The number of rotatable bonds is 4. The first kappa shape index (κ1) is 19.2. The van der Waals surface area contributed by atoms with Crippen molar-refractivity contribution in [1.82, 2.24) is 0 Å². The van der Waals surface area contributed by atoms with Gasteiger partial charge >= 0.3 is 6.09 Å². The molecule has 0 radical (unpaired) electrons. The van der Waals surface area contributed by atoms with Crippen LogP contribution in [0.4, 0.5) is 16.2 Å². The van der Waals surface area contributed by atoms with Crippen LogP contribution in [-0.2, 0) is 4.74 Å². The molecule has 0 spiro atoms. The number of carbonyl (C=O) groups is 1. The van der Waals surface area contributed by atoms with Gasteiger partial charge in [-0.1, -0.05) is 17.7 Å². The molecule has 2 aromatic carbocycles. The van der Waals surface area contributed by atoms with Crippen LogP contribution in [0.2, 0.25) is 0 Å². The number of nitro benzene ring substituents is 1. The molecule has 2 aromatic rings. The summed E-state index contributed by atoms with van der Waals surface area (Å²) in [5, 5.41) is 11.3. The Kier molecular flexibility index (Phi) is 5.50. The molecule has 138 valence electrons. The number of benzene rings is 2. The zero-order valence-electron chi connectivity index (χ0n) is 15.5. The molecule has 0 aliphatic heterocycles. The number of anilines is 1. The summed E-state index contributed by atoms with van der Waals surface area (Å²) < 4.78 is 11.0. The number of ether oxygens (including phenoxy) is 2. The van der Waals surface area contributed by atoms with Crippen molar-refractivity contribution >= 4 is 17.5 Å². The summed E-state index contributed by atoms with van der Waals surface area (Å²) in [5.74, 6) is 0.972. The zero-order valence-corrected chi connectivity index (χ0v) is 15.5. The highest BCUT2D eigenvalue weighted by molar-refractivity contribution is 5.90. The highest BCUT2D eigenvalue weighted by Crippen LogP contribution is 2.34. The molecule has 7 nitrogen and oxygen atoms in total.